The smallest absolute Gasteiger partial charge is 0.0739 e. The molecule has 0 bridgehead atoms. The third kappa shape index (κ3) is 1.46. The second kappa shape index (κ2) is 3.36. The Bertz CT molecular complexity index is 254. The molecule has 4 heteroatoms. The predicted octanol–water partition coefficient (Wildman–Crippen LogP) is 1.43. The minimum atomic E-state index is 0.537. The first-order valence-corrected chi connectivity index (χ1v) is 4.41. The lowest BCUT2D eigenvalue weighted by atomic mass is 10.4. The number of halogens is 1. The predicted molar refractivity (Wildman–Crippen MR) is 48.2 cm³/mol. The van der Waals surface area contributed by atoms with E-state index in [2.05, 4.69) is 28.0 Å². The SMILES string of the molecule is CCn1nc(C)c(Br)c1CN. The molecule has 0 spiro atoms. The van der Waals surface area contributed by atoms with E-state index in [-0.39, 0.29) is 0 Å². The summed E-state index contributed by atoms with van der Waals surface area (Å²) in [7, 11) is 0. The average molecular weight is 218 g/mol. The number of rotatable bonds is 2. The maximum Gasteiger partial charge on any atom is 0.0739 e. The highest BCUT2D eigenvalue weighted by Gasteiger charge is 2.08. The van der Waals surface area contributed by atoms with E-state index in [9.17, 15) is 0 Å². The molecule has 1 aromatic heterocycles. The van der Waals surface area contributed by atoms with Gasteiger partial charge in [0.05, 0.1) is 15.9 Å². The van der Waals surface area contributed by atoms with E-state index >= 15 is 0 Å². The van der Waals surface area contributed by atoms with Crippen molar-refractivity contribution >= 4 is 15.9 Å². The van der Waals surface area contributed by atoms with Gasteiger partial charge < -0.3 is 5.73 Å². The van der Waals surface area contributed by atoms with E-state index in [0.29, 0.717) is 6.54 Å². The van der Waals surface area contributed by atoms with Crippen LogP contribution in [0, 0.1) is 6.92 Å². The molecule has 0 atom stereocenters. The van der Waals surface area contributed by atoms with Crippen LogP contribution in [0.2, 0.25) is 0 Å². The summed E-state index contributed by atoms with van der Waals surface area (Å²) in [6, 6.07) is 0. The van der Waals surface area contributed by atoms with Crippen LogP contribution in [-0.2, 0) is 13.1 Å². The lowest BCUT2D eigenvalue weighted by Gasteiger charge is -2.00. The van der Waals surface area contributed by atoms with Crippen LogP contribution in [0.1, 0.15) is 18.3 Å². The summed E-state index contributed by atoms with van der Waals surface area (Å²) in [4.78, 5) is 0. The fourth-order valence-electron chi connectivity index (χ4n) is 1.06. The lowest BCUT2D eigenvalue weighted by molar-refractivity contribution is 0.617. The van der Waals surface area contributed by atoms with E-state index in [1.165, 1.54) is 0 Å². The maximum atomic E-state index is 5.55. The van der Waals surface area contributed by atoms with E-state index in [4.69, 9.17) is 5.73 Å². The largest absolute Gasteiger partial charge is 0.325 e. The van der Waals surface area contributed by atoms with Crippen LogP contribution in [0.5, 0.6) is 0 Å². The van der Waals surface area contributed by atoms with Gasteiger partial charge in [0.25, 0.3) is 0 Å². The summed E-state index contributed by atoms with van der Waals surface area (Å²) in [6.07, 6.45) is 0. The standard InChI is InChI=1S/C7H12BrN3/c1-3-11-6(4-9)7(8)5(2)10-11/h3-4,9H2,1-2H3. The number of hydrogen-bond acceptors (Lipinski definition) is 2. The molecule has 0 unspecified atom stereocenters. The quantitative estimate of drug-likeness (QED) is 0.815. The fourth-order valence-corrected chi connectivity index (χ4v) is 1.51. The van der Waals surface area contributed by atoms with Gasteiger partial charge in [0, 0.05) is 13.1 Å². The van der Waals surface area contributed by atoms with E-state index in [1.54, 1.807) is 0 Å². The summed E-state index contributed by atoms with van der Waals surface area (Å²) in [5, 5.41) is 4.29. The van der Waals surface area contributed by atoms with Crippen LogP contribution in [0.25, 0.3) is 0 Å². The van der Waals surface area contributed by atoms with E-state index in [1.807, 2.05) is 11.6 Å². The highest BCUT2D eigenvalue weighted by molar-refractivity contribution is 9.10. The molecule has 1 rings (SSSR count). The Balaban J connectivity index is 3.15. The Morgan fingerprint density at radius 1 is 1.64 bits per heavy atom. The van der Waals surface area contributed by atoms with Crippen LogP contribution < -0.4 is 5.73 Å². The van der Waals surface area contributed by atoms with Crippen LogP contribution >= 0.6 is 15.9 Å². The molecule has 11 heavy (non-hydrogen) atoms. The van der Waals surface area contributed by atoms with Crippen molar-refractivity contribution in [3.05, 3.63) is 15.9 Å². The van der Waals surface area contributed by atoms with Gasteiger partial charge in [-0.3, -0.25) is 4.68 Å². The maximum absolute atomic E-state index is 5.55. The highest BCUT2D eigenvalue weighted by atomic mass is 79.9. The molecule has 0 aliphatic heterocycles. The molecule has 62 valence electrons. The van der Waals surface area contributed by atoms with E-state index < -0.39 is 0 Å². The first kappa shape index (κ1) is 8.74. The van der Waals surface area contributed by atoms with Crippen molar-refractivity contribution in [2.75, 3.05) is 0 Å². The molecule has 0 saturated carbocycles. The molecule has 2 N–H and O–H groups in total. The third-order valence-electron chi connectivity index (χ3n) is 1.65. The first-order valence-electron chi connectivity index (χ1n) is 3.62. The summed E-state index contributed by atoms with van der Waals surface area (Å²) < 4.78 is 2.96. The summed E-state index contributed by atoms with van der Waals surface area (Å²) in [5.41, 5.74) is 7.63. The topological polar surface area (TPSA) is 43.8 Å². The molecule has 3 nitrogen and oxygen atoms in total. The minimum absolute atomic E-state index is 0.537. The van der Waals surface area contributed by atoms with Crippen molar-refractivity contribution in [3.8, 4) is 0 Å². The normalized spacial score (nSPS) is 10.5. The molecular formula is C7H12BrN3. The van der Waals surface area contributed by atoms with Crippen molar-refractivity contribution in [2.24, 2.45) is 5.73 Å². The van der Waals surface area contributed by atoms with Gasteiger partial charge in [-0.15, -0.1) is 0 Å². The number of aromatic nitrogens is 2. The second-order valence-electron chi connectivity index (χ2n) is 2.37. The molecule has 0 aliphatic carbocycles. The Morgan fingerprint density at radius 3 is 2.64 bits per heavy atom. The highest BCUT2D eigenvalue weighted by Crippen LogP contribution is 2.19. The average Bonchev–Trinajstić information content (AvgIpc) is 2.28. The zero-order chi connectivity index (χ0) is 8.43. The van der Waals surface area contributed by atoms with Gasteiger partial charge >= 0.3 is 0 Å². The number of aryl methyl sites for hydroxylation is 2. The van der Waals surface area contributed by atoms with Gasteiger partial charge in [-0.05, 0) is 29.8 Å². The molecule has 0 aromatic carbocycles. The van der Waals surface area contributed by atoms with Crippen LogP contribution in [0.4, 0.5) is 0 Å². The van der Waals surface area contributed by atoms with Gasteiger partial charge in [-0.25, -0.2) is 0 Å². The Labute approximate surface area is 74.7 Å². The lowest BCUT2D eigenvalue weighted by Crippen LogP contribution is -2.07. The van der Waals surface area contributed by atoms with E-state index in [0.717, 1.165) is 22.4 Å². The van der Waals surface area contributed by atoms with Crippen molar-refractivity contribution in [2.45, 2.75) is 26.9 Å². The van der Waals surface area contributed by atoms with Crippen molar-refractivity contribution < 1.29 is 0 Å². The van der Waals surface area contributed by atoms with Gasteiger partial charge in [-0.2, -0.15) is 5.10 Å². The molecule has 0 fully saturated rings. The fraction of sp³-hybridized carbons (Fsp3) is 0.571. The number of nitrogens with two attached hydrogens (primary N) is 1. The zero-order valence-corrected chi connectivity index (χ0v) is 8.35. The van der Waals surface area contributed by atoms with Gasteiger partial charge in [-0.1, -0.05) is 0 Å². The van der Waals surface area contributed by atoms with Crippen LogP contribution in [0.3, 0.4) is 0 Å². The molecule has 1 heterocycles. The van der Waals surface area contributed by atoms with Crippen molar-refractivity contribution in [1.82, 2.24) is 9.78 Å². The van der Waals surface area contributed by atoms with Crippen molar-refractivity contribution in [1.29, 1.82) is 0 Å². The number of hydrogen-bond donors (Lipinski definition) is 1. The summed E-state index contributed by atoms with van der Waals surface area (Å²) in [5.74, 6) is 0. The zero-order valence-electron chi connectivity index (χ0n) is 6.76. The third-order valence-corrected chi connectivity index (χ3v) is 2.68. The first-order chi connectivity index (χ1) is 5.20. The molecule has 0 amide bonds. The monoisotopic (exact) mass is 217 g/mol. The Kier molecular flexibility index (Phi) is 2.67. The van der Waals surface area contributed by atoms with Crippen LogP contribution in [-0.4, -0.2) is 9.78 Å². The molecule has 0 radical (unpaired) electrons. The molecule has 0 aliphatic rings. The molecule has 0 saturated heterocycles. The van der Waals surface area contributed by atoms with Gasteiger partial charge in [0.15, 0.2) is 0 Å². The number of nitrogens with zero attached hydrogens (tertiary/aromatic N) is 2. The van der Waals surface area contributed by atoms with Crippen LogP contribution in [0.15, 0.2) is 4.47 Å². The van der Waals surface area contributed by atoms with Crippen molar-refractivity contribution in [3.63, 3.8) is 0 Å². The summed E-state index contributed by atoms with van der Waals surface area (Å²) >= 11 is 3.44. The van der Waals surface area contributed by atoms with Gasteiger partial charge in [0.2, 0.25) is 0 Å². The molecule has 1 aromatic rings. The Hall–Kier alpha value is -0.350. The summed E-state index contributed by atoms with van der Waals surface area (Å²) in [6.45, 7) is 5.43. The molecular weight excluding hydrogens is 206 g/mol. The minimum Gasteiger partial charge on any atom is -0.325 e. The Morgan fingerprint density at radius 2 is 2.27 bits per heavy atom. The second-order valence-corrected chi connectivity index (χ2v) is 3.16. The van der Waals surface area contributed by atoms with Gasteiger partial charge in [0.1, 0.15) is 0 Å².